The number of H-pyrrole nitrogens is 1. The van der Waals surface area contributed by atoms with Crippen LogP contribution in [0.2, 0.25) is 5.02 Å². The number of rotatable bonds is 4. The zero-order valence-electron chi connectivity index (χ0n) is 15.4. The molecule has 0 aliphatic rings. The second kappa shape index (κ2) is 7.56. The molecule has 4 rings (SSSR count). The maximum Gasteiger partial charge on any atom is 0.421 e. The quantitative estimate of drug-likeness (QED) is 0.356. The van der Waals surface area contributed by atoms with Crippen molar-refractivity contribution in [2.24, 2.45) is 0 Å². The molecular formula is C20H18ClF4N5. The van der Waals surface area contributed by atoms with Gasteiger partial charge in [0.25, 0.3) is 0 Å². The minimum Gasteiger partial charge on any atom is -0.363 e. The smallest absolute Gasteiger partial charge is 0.363 e. The molecular weight excluding hydrogens is 422 g/mol. The molecule has 0 aliphatic carbocycles. The summed E-state index contributed by atoms with van der Waals surface area (Å²) in [5.74, 6) is -0.737. The van der Waals surface area contributed by atoms with Crippen LogP contribution in [0.4, 0.5) is 23.4 Å². The van der Waals surface area contributed by atoms with Gasteiger partial charge in [-0.2, -0.15) is 13.2 Å². The summed E-state index contributed by atoms with van der Waals surface area (Å²) < 4.78 is 53.7. The van der Waals surface area contributed by atoms with Crippen molar-refractivity contribution in [3.05, 3.63) is 70.9 Å². The Bertz CT molecular complexity index is 1220. The Morgan fingerprint density at radius 1 is 1.13 bits per heavy atom. The fourth-order valence-electron chi connectivity index (χ4n) is 3.03. The number of halogens is 5. The Hall–Kier alpha value is -3.20. The summed E-state index contributed by atoms with van der Waals surface area (Å²) in [4.78, 5) is 15.1. The number of nitrogens with zero attached hydrogens (tertiary/aromatic N) is 3. The minimum absolute atomic E-state index is 0. The third-order valence-corrected chi connectivity index (χ3v) is 4.76. The van der Waals surface area contributed by atoms with Gasteiger partial charge in [-0.25, -0.2) is 19.3 Å². The first-order valence-electron chi connectivity index (χ1n) is 8.81. The number of hydrogen-bond acceptors (Lipinski definition) is 4. The van der Waals surface area contributed by atoms with Gasteiger partial charge in [-0.3, -0.25) is 0 Å². The predicted octanol–water partition coefficient (Wildman–Crippen LogP) is 6.50. The molecule has 0 saturated heterocycles. The van der Waals surface area contributed by atoms with Crippen LogP contribution in [-0.4, -0.2) is 19.9 Å². The van der Waals surface area contributed by atoms with E-state index in [1.54, 1.807) is 19.2 Å². The van der Waals surface area contributed by atoms with Crippen LogP contribution < -0.4 is 5.32 Å². The number of aromatic nitrogens is 4. The third-order valence-electron chi connectivity index (χ3n) is 4.56. The van der Waals surface area contributed by atoms with Crippen molar-refractivity contribution in [3.63, 3.8) is 0 Å². The van der Waals surface area contributed by atoms with Crippen LogP contribution in [-0.2, 0) is 6.18 Å². The van der Waals surface area contributed by atoms with Crippen LogP contribution in [0.3, 0.4) is 0 Å². The van der Waals surface area contributed by atoms with Gasteiger partial charge in [0, 0.05) is 38.4 Å². The predicted molar refractivity (Wildman–Crippen MR) is 110 cm³/mol. The molecule has 5 nitrogen and oxygen atoms in total. The summed E-state index contributed by atoms with van der Waals surface area (Å²) in [7, 11) is 0. The molecule has 1 atom stereocenters. The lowest BCUT2D eigenvalue weighted by Crippen LogP contribution is -2.16. The van der Waals surface area contributed by atoms with Crippen LogP contribution in [0.25, 0.3) is 22.4 Å². The van der Waals surface area contributed by atoms with E-state index in [0.29, 0.717) is 27.2 Å². The molecule has 158 valence electrons. The van der Waals surface area contributed by atoms with Gasteiger partial charge in [-0.1, -0.05) is 23.7 Å². The summed E-state index contributed by atoms with van der Waals surface area (Å²) in [6.07, 6.45) is -0.910. The standard InChI is InChI=1S/C20H14ClF4N5.2H2/c1-10(11-2-4-13(22)5-3-11)29-19-16(20(23,24)25)9-28-18(30-19)15-8-27-17-14(15)6-12(21)7-26-17;;/h2-10H,1H3,(H,26,27)(H,28,29,30);2*1H/t10-;;/m0../s1. The SMILES string of the molecule is C[C@H](Nc1nc(-c2c[nH]c3ncc(Cl)cc23)ncc1C(F)(F)F)c1ccc(F)cc1.[HH].[HH]. The molecule has 1 aromatic carbocycles. The third kappa shape index (κ3) is 3.93. The van der Waals surface area contributed by atoms with E-state index in [1.807, 2.05) is 0 Å². The molecule has 0 fully saturated rings. The summed E-state index contributed by atoms with van der Waals surface area (Å²) in [5.41, 5.74) is 0.572. The highest BCUT2D eigenvalue weighted by Gasteiger charge is 2.36. The van der Waals surface area contributed by atoms with Crippen LogP contribution >= 0.6 is 11.6 Å². The molecule has 30 heavy (non-hydrogen) atoms. The molecule has 0 saturated carbocycles. The Balaban J connectivity index is 0.00000181. The zero-order valence-corrected chi connectivity index (χ0v) is 16.2. The molecule has 4 aromatic rings. The average molecular weight is 440 g/mol. The van der Waals surface area contributed by atoms with Gasteiger partial charge in [0.1, 0.15) is 22.8 Å². The maximum absolute atomic E-state index is 13.5. The lowest BCUT2D eigenvalue weighted by atomic mass is 10.1. The van der Waals surface area contributed by atoms with E-state index in [9.17, 15) is 17.6 Å². The van der Waals surface area contributed by atoms with Gasteiger partial charge in [-0.05, 0) is 30.7 Å². The van der Waals surface area contributed by atoms with E-state index in [0.717, 1.165) is 6.20 Å². The lowest BCUT2D eigenvalue weighted by Gasteiger charge is -2.19. The molecule has 0 aliphatic heterocycles. The van der Waals surface area contributed by atoms with Gasteiger partial charge < -0.3 is 10.3 Å². The number of alkyl halides is 3. The Morgan fingerprint density at radius 2 is 1.87 bits per heavy atom. The number of anilines is 1. The highest BCUT2D eigenvalue weighted by atomic mass is 35.5. The van der Waals surface area contributed by atoms with Crippen molar-refractivity contribution in [2.45, 2.75) is 19.1 Å². The normalized spacial score (nSPS) is 12.9. The number of nitrogens with one attached hydrogen (secondary N) is 2. The average Bonchev–Trinajstić information content (AvgIpc) is 3.10. The zero-order chi connectivity index (χ0) is 21.5. The monoisotopic (exact) mass is 439 g/mol. The largest absolute Gasteiger partial charge is 0.421 e. The van der Waals surface area contributed by atoms with Crippen LogP contribution in [0.15, 0.2) is 48.9 Å². The van der Waals surface area contributed by atoms with E-state index in [1.165, 1.54) is 30.5 Å². The molecule has 0 amide bonds. The highest BCUT2D eigenvalue weighted by molar-refractivity contribution is 6.31. The van der Waals surface area contributed by atoms with Gasteiger partial charge in [0.05, 0.1) is 5.02 Å². The summed E-state index contributed by atoms with van der Waals surface area (Å²) in [5, 5.41) is 3.73. The Kier molecular flexibility index (Phi) is 5.07. The van der Waals surface area contributed by atoms with Crippen LogP contribution in [0.5, 0.6) is 0 Å². The Labute approximate surface area is 176 Å². The van der Waals surface area contributed by atoms with Crippen molar-refractivity contribution in [1.82, 2.24) is 19.9 Å². The van der Waals surface area contributed by atoms with Crippen molar-refractivity contribution < 1.29 is 20.4 Å². The topological polar surface area (TPSA) is 66.5 Å². The summed E-state index contributed by atoms with van der Waals surface area (Å²) in [6, 6.07) is 6.54. The fourth-order valence-corrected chi connectivity index (χ4v) is 3.19. The Morgan fingerprint density at radius 3 is 2.57 bits per heavy atom. The first kappa shape index (κ1) is 20.1. The van der Waals surface area contributed by atoms with Crippen LogP contribution in [0, 0.1) is 5.82 Å². The van der Waals surface area contributed by atoms with E-state index in [4.69, 9.17) is 11.6 Å². The van der Waals surface area contributed by atoms with Gasteiger partial charge in [0.15, 0.2) is 5.82 Å². The van der Waals surface area contributed by atoms with Crippen molar-refractivity contribution in [3.8, 4) is 11.4 Å². The molecule has 3 aromatic heterocycles. The molecule has 2 N–H and O–H groups in total. The molecule has 10 heteroatoms. The second-order valence-corrected chi connectivity index (χ2v) is 7.06. The van der Waals surface area contributed by atoms with Crippen LogP contribution in [0.1, 0.15) is 26.9 Å². The van der Waals surface area contributed by atoms with E-state index in [-0.39, 0.29) is 14.5 Å². The molecule has 3 heterocycles. The van der Waals surface area contributed by atoms with Crippen molar-refractivity contribution >= 4 is 28.5 Å². The fraction of sp³-hybridized carbons (Fsp3) is 0.150. The van der Waals surface area contributed by atoms with Gasteiger partial charge in [-0.15, -0.1) is 0 Å². The van der Waals surface area contributed by atoms with Crippen molar-refractivity contribution in [2.75, 3.05) is 5.32 Å². The van der Waals surface area contributed by atoms with E-state index >= 15 is 0 Å². The molecule has 0 radical (unpaired) electrons. The first-order valence-corrected chi connectivity index (χ1v) is 9.19. The molecule has 0 bridgehead atoms. The van der Waals surface area contributed by atoms with Gasteiger partial charge >= 0.3 is 6.18 Å². The van der Waals surface area contributed by atoms with E-state index in [2.05, 4.69) is 25.3 Å². The van der Waals surface area contributed by atoms with Gasteiger partial charge in [0.2, 0.25) is 0 Å². The number of hydrogen-bond donors (Lipinski definition) is 2. The second-order valence-electron chi connectivity index (χ2n) is 6.62. The highest BCUT2D eigenvalue weighted by Crippen LogP contribution is 2.36. The summed E-state index contributed by atoms with van der Waals surface area (Å²) in [6.45, 7) is 1.66. The van der Waals surface area contributed by atoms with E-state index < -0.39 is 23.6 Å². The summed E-state index contributed by atoms with van der Waals surface area (Å²) >= 11 is 5.99. The van der Waals surface area contributed by atoms with Crippen molar-refractivity contribution in [1.29, 1.82) is 0 Å². The number of pyridine rings is 1. The number of benzene rings is 1. The maximum atomic E-state index is 13.5. The molecule has 0 unspecified atom stereocenters. The number of aromatic amines is 1. The lowest BCUT2D eigenvalue weighted by molar-refractivity contribution is -0.137. The molecule has 0 spiro atoms. The first-order chi connectivity index (χ1) is 14.2. The number of fused-ring (bicyclic) bond motifs is 1. The minimum atomic E-state index is -4.66.